The molecule has 3 rings (SSSR count). The van der Waals surface area contributed by atoms with Crippen molar-refractivity contribution < 1.29 is 14.3 Å². The van der Waals surface area contributed by atoms with Gasteiger partial charge in [0.2, 0.25) is 0 Å². The highest BCUT2D eigenvalue weighted by molar-refractivity contribution is 5.68. The van der Waals surface area contributed by atoms with Gasteiger partial charge in [-0.25, -0.2) is 4.39 Å². The average molecular weight is 234 g/mol. The van der Waals surface area contributed by atoms with Crippen LogP contribution in [0.25, 0.3) is 0 Å². The van der Waals surface area contributed by atoms with E-state index in [1.807, 2.05) is 6.07 Å². The zero-order chi connectivity index (χ0) is 12.0. The molecule has 1 spiro atoms. The normalized spacial score (nSPS) is 24.4. The Bertz CT molecular complexity index is 477. The van der Waals surface area contributed by atoms with Crippen LogP contribution in [0.15, 0.2) is 18.2 Å². The quantitative estimate of drug-likeness (QED) is 0.854. The van der Waals surface area contributed by atoms with Crippen LogP contribution in [-0.4, -0.2) is 11.1 Å². The lowest BCUT2D eigenvalue weighted by Crippen LogP contribution is -2.29. The predicted molar refractivity (Wildman–Crippen MR) is 61.4 cm³/mol. The van der Waals surface area contributed by atoms with Crippen molar-refractivity contribution in [3.05, 3.63) is 35.1 Å². The van der Waals surface area contributed by atoms with E-state index in [9.17, 15) is 9.18 Å². The first-order chi connectivity index (χ1) is 8.13. The van der Waals surface area contributed by atoms with Crippen molar-refractivity contribution in [1.82, 2.24) is 0 Å². The fourth-order valence-electron chi connectivity index (χ4n) is 3.41. The molecule has 0 amide bonds. The van der Waals surface area contributed by atoms with Gasteiger partial charge in [0.1, 0.15) is 5.82 Å². The Morgan fingerprint density at radius 3 is 2.88 bits per heavy atom. The summed E-state index contributed by atoms with van der Waals surface area (Å²) in [6, 6.07) is 5.24. The summed E-state index contributed by atoms with van der Waals surface area (Å²) < 4.78 is 13.7. The minimum Gasteiger partial charge on any atom is -0.481 e. The summed E-state index contributed by atoms with van der Waals surface area (Å²) in [5, 5.41) is 8.95. The van der Waals surface area contributed by atoms with E-state index in [0.29, 0.717) is 6.42 Å². The molecule has 2 aliphatic carbocycles. The largest absolute Gasteiger partial charge is 0.481 e. The van der Waals surface area contributed by atoms with Gasteiger partial charge < -0.3 is 5.11 Å². The Balaban J connectivity index is 2.01. The lowest BCUT2D eigenvalue weighted by atomic mass is 9.71. The molecule has 3 heteroatoms. The fourth-order valence-corrected chi connectivity index (χ4v) is 3.41. The number of hydrogen-bond donors (Lipinski definition) is 1. The molecule has 1 aromatic carbocycles. The number of fused-ring (bicyclic) bond motifs is 2. The molecule has 1 fully saturated rings. The second-order valence-corrected chi connectivity index (χ2v) is 5.26. The summed E-state index contributed by atoms with van der Waals surface area (Å²) in [7, 11) is 0. The van der Waals surface area contributed by atoms with E-state index in [0.717, 1.165) is 30.4 Å². The van der Waals surface area contributed by atoms with Crippen LogP contribution in [0.4, 0.5) is 4.39 Å². The highest BCUT2D eigenvalue weighted by Gasteiger charge is 2.53. The van der Waals surface area contributed by atoms with Gasteiger partial charge in [-0.3, -0.25) is 4.79 Å². The molecular formula is C14H15FO2. The lowest BCUT2D eigenvalue weighted by molar-refractivity contribution is -0.138. The average Bonchev–Trinajstić information content (AvgIpc) is 3.05. The molecule has 17 heavy (non-hydrogen) atoms. The predicted octanol–water partition coefficient (Wildman–Crippen LogP) is 2.89. The van der Waals surface area contributed by atoms with Crippen molar-refractivity contribution in [3.63, 3.8) is 0 Å². The summed E-state index contributed by atoms with van der Waals surface area (Å²) in [6.45, 7) is 0. The molecule has 90 valence electrons. The van der Waals surface area contributed by atoms with Crippen LogP contribution in [0.3, 0.4) is 0 Å². The van der Waals surface area contributed by atoms with Crippen LogP contribution in [0.5, 0.6) is 0 Å². The van der Waals surface area contributed by atoms with Gasteiger partial charge in [-0.05, 0) is 54.2 Å². The number of carboxylic acid groups (broad SMARTS) is 1. The third-order valence-corrected chi connectivity index (χ3v) is 4.39. The molecule has 0 radical (unpaired) electrons. The Morgan fingerprint density at radius 1 is 1.47 bits per heavy atom. The molecule has 0 saturated heterocycles. The summed E-state index contributed by atoms with van der Waals surface area (Å²) >= 11 is 0. The van der Waals surface area contributed by atoms with E-state index in [-0.39, 0.29) is 23.6 Å². The Morgan fingerprint density at radius 2 is 2.24 bits per heavy atom. The van der Waals surface area contributed by atoms with Crippen LogP contribution in [0.1, 0.15) is 36.8 Å². The van der Waals surface area contributed by atoms with Crippen molar-refractivity contribution in [3.8, 4) is 0 Å². The number of carbonyl (C=O) groups is 1. The van der Waals surface area contributed by atoms with Crippen LogP contribution < -0.4 is 0 Å². The van der Waals surface area contributed by atoms with E-state index in [1.165, 1.54) is 6.07 Å². The van der Waals surface area contributed by atoms with Crippen molar-refractivity contribution >= 4 is 5.97 Å². The number of benzene rings is 1. The molecule has 2 aliphatic rings. The van der Waals surface area contributed by atoms with E-state index in [2.05, 4.69) is 0 Å². The van der Waals surface area contributed by atoms with Gasteiger partial charge in [0.05, 0.1) is 0 Å². The number of halogens is 1. The maximum Gasteiger partial charge on any atom is 0.303 e. The summed E-state index contributed by atoms with van der Waals surface area (Å²) in [6.07, 6.45) is 3.74. The molecule has 0 aromatic heterocycles. The van der Waals surface area contributed by atoms with Crippen molar-refractivity contribution in [2.75, 3.05) is 0 Å². The van der Waals surface area contributed by atoms with Crippen LogP contribution in [-0.2, 0) is 16.6 Å². The lowest BCUT2D eigenvalue weighted by Gasteiger charge is -2.33. The first-order valence-corrected chi connectivity index (χ1v) is 6.13. The Hall–Kier alpha value is -1.38. The second kappa shape index (κ2) is 3.56. The maximum absolute atomic E-state index is 13.7. The van der Waals surface area contributed by atoms with Crippen LogP contribution >= 0.6 is 0 Å². The number of rotatable bonds is 2. The minimum atomic E-state index is -0.735. The third-order valence-electron chi connectivity index (χ3n) is 4.39. The first-order valence-electron chi connectivity index (χ1n) is 6.13. The van der Waals surface area contributed by atoms with E-state index >= 15 is 0 Å². The summed E-state index contributed by atoms with van der Waals surface area (Å²) in [5.74, 6) is -0.669. The van der Waals surface area contributed by atoms with Gasteiger partial charge >= 0.3 is 5.97 Å². The first kappa shape index (κ1) is 10.8. The molecule has 1 saturated carbocycles. The van der Waals surface area contributed by atoms with E-state index in [4.69, 9.17) is 5.11 Å². The van der Waals surface area contributed by atoms with E-state index < -0.39 is 5.97 Å². The van der Waals surface area contributed by atoms with Crippen LogP contribution in [0, 0.1) is 11.7 Å². The van der Waals surface area contributed by atoms with Gasteiger partial charge in [0.15, 0.2) is 0 Å². The van der Waals surface area contributed by atoms with E-state index in [1.54, 1.807) is 6.07 Å². The molecule has 1 aromatic rings. The minimum absolute atomic E-state index is 0.0198. The maximum atomic E-state index is 13.7. The molecule has 1 atom stereocenters. The zero-order valence-corrected chi connectivity index (χ0v) is 9.58. The molecule has 1 unspecified atom stereocenters. The molecule has 1 N–H and O–H groups in total. The SMILES string of the molecule is O=C(O)CC1CCc2c(F)cccc2C12CC2. The van der Waals surface area contributed by atoms with Gasteiger partial charge in [0, 0.05) is 6.42 Å². The number of hydrogen-bond acceptors (Lipinski definition) is 1. The molecule has 0 heterocycles. The van der Waals surface area contributed by atoms with Crippen molar-refractivity contribution in [1.29, 1.82) is 0 Å². The Labute approximate surface area is 99.5 Å². The Kier molecular flexibility index (Phi) is 2.25. The van der Waals surface area contributed by atoms with Crippen molar-refractivity contribution in [2.24, 2.45) is 5.92 Å². The molecule has 0 bridgehead atoms. The van der Waals surface area contributed by atoms with Gasteiger partial charge in [-0.15, -0.1) is 0 Å². The highest BCUT2D eigenvalue weighted by Crippen LogP contribution is 2.59. The summed E-state index contributed by atoms with van der Waals surface area (Å²) in [5.41, 5.74) is 1.88. The fraction of sp³-hybridized carbons (Fsp3) is 0.500. The number of aliphatic carboxylic acids is 1. The zero-order valence-electron chi connectivity index (χ0n) is 9.58. The van der Waals surface area contributed by atoms with Gasteiger partial charge in [-0.2, -0.15) is 0 Å². The monoisotopic (exact) mass is 234 g/mol. The molecule has 0 aliphatic heterocycles. The van der Waals surface area contributed by atoms with Gasteiger partial charge in [0.25, 0.3) is 0 Å². The van der Waals surface area contributed by atoms with Crippen molar-refractivity contribution in [2.45, 2.75) is 37.5 Å². The highest BCUT2D eigenvalue weighted by atomic mass is 19.1. The third kappa shape index (κ3) is 1.56. The second-order valence-electron chi connectivity index (χ2n) is 5.26. The molecule has 2 nitrogen and oxygen atoms in total. The standard InChI is InChI=1S/C14H15FO2/c15-12-3-1-2-11-10(12)5-4-9(8-13(16)17)14(11)6-7-14/h1-3,9H,4-8H2,(H,16,17). The number of carboxylic acids is 1. The molecular weight excluding hydrogens is 219 g/mol. The summed E-state index contributed by atoms with van der Waals surface area (Å²) in [4.78, 5) is 10.9. The van der Waals surface area contributed by atoms with Gasteiger partial charge in [-0.1, -0.05) is 12.1 Å². The van der Waals surface area contributed by atoms with Crippen LogP contribution in [0.2, 0.25) is 0 Å². The smallest absolute Gasteiger partial charge is 0.303 e. The topological polar surface area (TPSA) is 37.3 Å².